The van der Waals surface area contributed by atoms with E-state index in [4.69, 9.17) is 11.6 Å². The van der Waals surface area contributed by atoms with Crippen molar-refractivity contribution in [2.24, 2.45) is 0 Å². The molecule has 1 amide bonds. The highest BCUT2D eigenvalue weighted by atomic mass is 35.5. The lowest BCUT2D eigenvalue weighted by Gasteiger charge is -1.82. The van der Waals surface area contributed by atoms with Crippen LogP contribution < -0.4 is 0 Å². The van der Waals surface area contributed by atoms with E-state index in [1.165, 1.54) is 0 Å². The van der Waals surface area contributed by atoms with Crippen LogP contribution in [-0.2, 0) is 0 Å². The van der Waals surface area contributed by atoms with Crippen LogP contribution in [0.15, 0.2) is 0 Å². The molecule has 1 fully saturated rings. The second kappa shape index (κ2) is 1.12. The molecule has 0 N–H and O–H groups in total. The molecule has 0 aliphatic carbocycles. The Kier molecular flexibility index (Phi) is 0.733. The molecule has 0 aromatic carbocycles. The zero-order chi connectivity index (χ0) is 4.57. The van der Waals surface area contributed by atoms with Crippen LogP contribution in [0.4, 0.5) is 4.79 Å². The van der Waals surface area contributed by atoms with Crippen LogP contribution in [0.5, 0.6) is 0 Å². The lowest BCUT2D eigenvalue weighted by atomic mass is 11.0. The molecular weight excluding hydrogens is 101 g/mol. The molecule has 0 unspecified atom stereocenters. The van der Waals surface area contributed by atoms with Gasteiger partial charge < -0.3 is 4.90 Å². The molecule has 0 bridgehead atoms. The van der Waals surface area contributed by atoms with Gasteiger partial charge in [0.2, 0.25) is 0 Å². The third-order valence-corrected chi connectivity index (χ3v) is 0.935. The first-order chi connectivity index (χ1) is 2.80. The number of amides is 1. The van der Waals surface area contributed by atoms with Crippen LogP contribution in [0.25, 0.3) is 0 Å². The fraction of sp³-hybridized carbons (Fsp3) is 0.667. The Labute approximate surface area is 40.7 Å². The van der Waals surface area contributed by atoms with E-state index in [2.05, 4.69) is 0 Å². The van der Waals surface area contributed by atoms with E-state index in [0.717, 1.165) is 13.1 Å². The molecule has 0 aromatic rings. The fourth-order valence-electron chi connectivity index (χ4n) is 0.226. The quantitative estimate of drug-likeness (QED) is 0.252. The van der Waals surface area contributed by atoms with E-state index in [1.807, 2.05) is 0 Å². The monoisotopic (exact) mass is 105 g/mol. The van der Waals surface area contributed by atoms with Crippen molar-refractivity contribution in [1.29, 1.82) is 0 Å². The maximum absolute atomic E-state index is 9.90. The molecule has 34 valence electrons. The van der Waals surface area contributed by atoms with Gasteiger partial charge in [0.15, 0.2) is 0 Å². The van der Waals surface area contributed by atoms with Gasteiger partial charge in [0.25, 0.3) is 0 Å². The van der Waals surface area contributed by atoms with Crippen LogP contribution in [0, 0.1) is 0 Å². The number of rotatable bonds is 0. The molecule has 0 saturated carbocycles. The Bertz CT molecular complexity index is 78.9. The summed E-state index contributed by atoms with van der Waals surface area (Å²) < 4.78 is 0. The van der Waals surface area contributed by atoms with Crippen LogP contribution in [0.2, 0.25) is 0 Å². The van der Waals surface area contributed by atoms with Crippen molar-refractivity contribution < 1.29 is 4.79 Å². The van der Waals surface area contributed by atoms with Crippen molar-refractivity contribution in [3.05, 3.63) is 0 Å². The van der Waals surface area contributed by atoms with Crippen molar-refractivity contribution in [3.63, 3.8) is 0 Å². The van der Waals surface area contributed by atoms with E-state index < -0.39 is 0 Å². The Hall–Kier alpha value is -0.240. The Morgan fingerprint density at radius 2 is 2.17 bits per heavy atom. The second-order valence-electron chi connectivity index (χ2n) is 1.24. The van der Waals surface area contributed by atoms with E-state index in [9.17, 15) is 4.79 Å². The van der Waals surface area contributed by atoms with Gasteiger partial charge in [0.05, 0.1) is 0 Å². The van der Waals surface area contributed by atoms with Crippen LogP contribution >= 0.6 is 11.6 Å². The molecule has 0 radical (unpaired) electrons. The van der Waals surface area contributed by atoms with Crippen LogP contribution in [0.1, 0.15) is 0 Å². The summed E-state index contributed by atoms with van der Waals surface area (Å²) in [7, 11) is 0. The third-order valence-electron chi connectivity index (χ3n) is 0.696. The van der Waals surface area contributed by atoms with Crippen molar-refractivity contribution in [2.45, 2.75) is 0 Å². The lowest BCUT2D eigenvalue weighted by molar-refractivity contribution is 0.250. The summed E-state index contributed by atoms with van der Waals surface area (Å²) in [5.41, 5.74) is 0. The maximum Gasteiger partial charge on any atom is 0.316 e. The van der Waals surface area contributed by atoms with Gasteiger partial charge in [-0.25, -0.2) is 0 Å². The highest BCUT2D eigenvalue weighted by Crippen LogP contribution is 2.06. The number of carbonyl (C=O) groups excluding carboxylic acids is 1. The number of nitrogens with zero attached hydrogens (tertiary/aromatic N) is 1. The first-order valence-corrected chi connectivity index (χ1v) is 2.13. The van der Waals surface area contributed by atoms with Crippen LogP contribution in [0.3, 0.4) is 0 Å². The second-order valence-corrected chi connectivity index (χ2v) is 1.56. The van der Waals surface area contributed by atoms with Gasteiger partial charge in [0.1, 0.15) is 0 Å². The lowest BCUT2D eigenvalue weighted by Crippen LogP contribution is -1.96. The maximum atomic E-state index is 9.90. The van der Waals surface area contributed by atoms with Crippen molar-refractivity contribution in [1.82, 2.24) is 4.90 Å². The fourth-order valence-corrected chi connectivity index (χ4v) is 0.395. The van der Waals surface area contributed by atoms with Gasteiger partial charge in [0, 0.05) is 13.1 Å². The molecule has 3 heteroatoms. The predicted octanol–water partition coefficient (Wildman–Crippen LogP) is 0.661. The third kappa shape index (κ3) is 0.627. The van der Waals surface area contributed by atoms with E-state index in [-0.39, 0.29) is 5.37 Å². The minimum Gasteiger partial charge on any atom is -0.326 e. The van der Waals surface area contributed by atoms with Crippen LogP contribution in [-0.4, -0.2) is 23.4 Å². The summed E-state index contributed by atoms with van der Waals surface area (Å²) in [5, 5.41) is -0.324. The number of carbonyl (C=O) groups is 1. The molecule has 0 atom stereocenters. The van der Waals surface area contributed by atoms with Gasteiger partial charge in [-0.05, 0) is 11.6 Å². The first kappa shape index (κ1) is 3.93. The summed E-state index contributed by atoms with van der Waals surface area (Å²) in [5.74, 6) is 0. The molecule has 6 heavy (non-hydrogen) atoms. The smallest absolute Gasteiger partial charge is 0.316 e. The van der Waals surface area contributed by atoms with Crippen molar-refractivity contribution >= 4 is 17.0 Å². The van der Waals surface area contributed by atoms with Crippen molar-refractivity contribution in [2.75, 3.05) is 13.1 Å². The average molecular weight is 106 g/mol. The minimum atomic E-state index is -0.324. The van der Waals surface area contributed by atoms with Gasteiger partial charge in [-0.2, -0.15) is 0 Å². The van der Waals surface area contributed by atoms with Gasteiger partial charge >= 0.3 is 5.37 Å². The largest absolute Gasteiger partial charge is 0.326 e. The van der Waals surface area contributed by atoms with Gasteiger partial charge in [-0.15, -0.1) is 0 Å². The zero-order valence-corrected chi connectivity index (χ0v) is 3.90. The topological polar surface area (TPSA) is 20.1 Å². The normalized spacial score (nSPS) is 17.8. The summed E-state index contributed by atoms with van der Waals surface area (Å²) in [6, 6.07) is 0. The summed E-state index contributed by atoms with van der Waals surface area (Å²) in [4.78, 5) is 11.4. The Morgan fingerprint density at radius 3 is 2.17 bits per heavy atom. The van der Waals surface area contributed by atoms with E-state index in [0.29, 0.717) is 0 Å². The van der Waals surface area contributed by atoms with Crippen molar-refractivity contribution in [3.8, 4) is 0 Å². The summed E-state index contributed by atoms with van der Waals surface area (Å²) in [6.07, 6.45) is 0. The summed E-state index contributed by atoms with van der Waals surface area (Å²) in [6.45, 7) is 1.70. The minimum absolute atomic E-state index is 0.324. The number of halogens is 1. The van der Waals surface area contributed by atoms with E-state index in [1.54, 1.807) is 4.90 Å². The molecule has 2 nitrogen and oxygen atoms in total. The Morgan fingerprint density at radius 1 is 1.67 bits per heavy atom. The zero-order valence-electron chi connectivity index (χ0n) is 3.15. The molecule has 1 rings (SSSR count). The Balaban J connectivity index is 2.31. The standard InChI is InChI=1S/C3H4ClNO/c4-3(6)5-1-2-5/h1-2H2. The average Bonchev–Trinajstić information content (AvgIpc) is 2.06. The highest BCUT2D eigenvalue weighted by molar-refractivity contribution is 6.63. The highest BCUT2D eigenvalue weighted by Gasteiger charge is 2.21. The molecule has 1 saturated heterocycles. The number of hydrogen-bond acceptors (Lipinski definition) is 1. The summed E-state index contributed by atoms with van der Waals surface area (Å²) >= 11 is 4.96. The van der Waals surface area contributed by atoms with Gasteiger partial charge in [-0.3, -0.25) is 4.79 Å². The molecule has 1 heterocycles. The van der Waals surface area contributed by atoms with E-state index >= 15 is 0 Å². The molecular formula is C3H4ClNO. The first-order valence-electron chi connectivity index (χ1n) is 1.75. The molecule has 1 aliphatic heterocycles. The number of hydrogen-bond donors (Lipinski definition) is 0. The molecule has 1 aliphatic rings. The SMILES string of the molecule is O=C(Cl)N1CC1. The predicted molar refractivity (Wildman–Crippen MR) is 22.8 cm³/mol. The molecule has 0 aromatic heterocycles. The molecule has 0 spiro atoms. The van der Waals surface area contributed by atoms with Gasteiger partial charge in [-0.1, -0.05) is 0 Å².